The topological polar surface area (TPSA) is 120 Å². The van der Waals surface area contributed by atoms with Gasteiger partial charge in [-0.3, -0.25) is 19.7 Å². The summed E-state index contributed by atoms with van der Waals surface area (Å²) in [6.45, 7) is 0. The van der Waals surface area contributed by atoms with Crippen molar-refractivity contribution in [2.24, 2.45) is 7.05 Å². The van der Waals surface area contributed by atoms with Crippen LogP contribution in [-0.4, -0.2) is 25.2 Å². The van der Waals surface area contributed by atoms with Crippen molar-refractivity contribution in [1.82, 2.24) is 14.5 Å². The van der Waals surface area contributed by atoms with Gasteiger partial charge in [-0.1, -0.05) is 24.3 Å². The van der Waals surface area contributed by atoms with Crippen LogP contribution in [0.15, 0.2) is 65.5 Å². The van der Waals surface area contributed by atoms with E-state index >= 15 is 0 Å². The number of benzene rings is 3. The summed E-state index contributed by atoms with van der Waals surface area (Å²) < 4.78 is 7.49. The van der Waals surface area contributed by atoms with Crippen LogP contribution in [0.5, 0.6) is 11.8 Å². The molecule has 0 radical (unpaired) electrons. The Labute approximate surface area is 185 Å². The summed E-state index contributed by atoms with van der Waals surface area (Å²) in [6, 6.07) is 16.4. The average molecular weight is 438 g/mol. The van der Waals surface area contributed by atoms with Gasteiger partial charge in [0, 0.05) is 36.2 Å². The van der Waals surface area contributed by atoms with E-state index in [0.29, 0.717) is 44.2 Å². The number of aryl methyl sites for hydroxylation is 1. The first kappa shape index (κ1) is 18.9. The van der Waals surface area contributed by atoms with E-state index in [1.165, 1.54) is 28.8 Å². The number of nitrogens with one attached hydrogen (secondary N) is 1. The molecule has 1 aliphatic rings. The van der Waals surface area contributed by atoms with Crippen LogP contribution in [0.1, 0.15) is 15.9 Å². The predicted octanol–water partition coefficient (Wildman–Crippen LogP) is 4.33. The van der Waals surface area contributed by atoms with Gasteiger partial charge in [0.25, 0.3) is 17.3 Å². The molecule has 1 aliphatic carbocycles. The molecule has 0 unspecified atom stereocenters. The fraction of sp³-hybridized carbons (Fsp3) is 0.0417. The fourth-order valence-electron chi connectivity index (χ4n) is 4.35. The second-order valence-corrected chi connectivity index (χ2v) is 7.77. The van der Waals surface area contributed by atoms with Crippen LogP contribution in [0.3, 0.4) is 0 Å². The van der Waals surface area contributed by atoms with Gasteiger partial charge in [0.15, 0.2) is 5.78 Å². The highest BCUT2D eigenvalue weighted by Crippen LogP contribution is 2.43. The Morgan fingerprint density at radius 3 is 2.58 bits per heavy atom. The van der Waals surface area contributed by atoms with Gasteiger partial charge in [-0.15, -0.1) is 0 Å². The van der Waals surface area contributed by atoms with E-state index in [1.807, 2.05) is 12.1 Å². The van der Waals surface area contributed by atoms with Crippen LogP contribution >= 0.6 is 0 Å². The van der Waals surface area contributed by atoms with E-state index in [-0.39, 0.29) is 28.8 Å². The van der Waals surface area contributed by atoms with Gasteiger partial charge in [0.2, 0.25) is 0 Å². The lowest BCUT2D eigenvalue weighted by molar-refractivity contribution is -0.384. The van der Waals surface area contributed by atoms with Gasteiger partial charge in [-0.05, 0) is 29.3 Å². The van der Waals surface area contributed by atoms with E-state index in [0.717, 1.165) is 0 Å². The fourth-order valence-corrected chi connectivity index (χ4v) is 4.35. The maximum atomic E-state index is 13.5. The van der Waals surface area contributed by atoms with Crippen LogP contribution in [0.25, 0.3) is 33.1 Å². The van der Waals surface area contributed by atoms with Gasteiger partial charge in [0.05, 0.1) is 27.0 Å². The lowest BCUT2D eigenvalue weighted by atomic mass is 9.83. The second-order valence-electron chi connectivity index (χ2n) is 7.77. The molecule has 9 nitrogen and oxygen atoms in total. The Kier molecular flexibility index (Phi) is 3.79. The molecule has 0 saturated heterocycles. The summed E-state index contributed by atoms with van der Waals surface area (Å²) in [5.74, 6) is 0.0551. The molecule has 33 heavy (non-hydrogen) atoms. The van der Waals surface area contributed by atoms with Crippen LogP contribution in [0, 0.1) is 10.1 Å². The lowest BCUT2D eigenvalue weighted by Gasteiger charge is -2.22. The summed E-state index contributed by atoms with van der Waals surface area (Å²) in [7, 11) is 1.66. The standard InChI is InChI=1S/C24H14N4O5/c1-27-18-8-9-19(33-24-25-16-7-6-12(28(31)32)10-17(16)26-24)22-21(18)15(11-20(27)29)13-4-2-3-5-14(13)23(22)30/h2-11H,1H3,(H,25,26). The number of aromatic amines is 1. The maximum absolute atomic E-state index is 13.5. The van der Waals surface area contributed by atoms with Crippen molar-refractivity contribution in [1.29, 1.82) is 0 Å². The van der Waals surface area contributed by atoms with E-state index in [4.69, 9.17) is 4.74 Å². The number of hydrogen-bond acceptors (Lipinski definition) is 6. The molecule has 0 aliphatic heterocycles. The van der Waals surface area contributed by atoms with Crippen molar-refractivity contribution in [2.45, 2.75) is 0 Å². The van der Waals surface area contributed by atoms with Crippen molar-refractivity contribution in [2.75, 3.05) is 0 Å². The molecule has 1 N–H and O–H groups in total. The molecule has 3 aromatic carbocycles. The largest absolute Gasteiger partial charge is 0.425 e. The van der Waals surface area contributed by atoms with E-state index < -0.39 is 4.92 Å². The highest BCUT2D eigenvalue weighted by atomic mass is 16.6. The van der Waals surface area contributed by atoms with E-state index in [9.17, 15) is 19.7 Å². The number of rotatable bonds is 3. The quantitative estimate of drug-likeness (QED) is 0.324. The van der Waals surface area contributed by atoms with Crippen LogP contribution in [0.4, 0.5) is 5.69 Å². The zero-order valence-corrected chi connectivity index (χ0v) is 17.2. The number of nitro benzene ring substituents is 1. The Morgan fingerprint density at radius 2 is 1.79 bits per heavy atom. The summed E-state index contributed by atoms with van der Waals surface area (Å²) in [6.07, 6.45) is 0. The monoisotopic (exact) mass is 438 g/mol. The first-order valence-corrected chi connectivity index (χ1v) is 10.1. The third kappa shape index (κ3) is 2.69. The molecule has 160 valence electrons. The van der Waals surface area contributed by atoms with Crippen LogP contribution < -0.4 is 10.3 Å². The number of H-pyrrole nitrogens is 1. The van der Waals surface area contributed by atoms with Gasteiger partial charge in [-0.2, -0.15) is 4.98 Å². The maximum Gasteiger partial charge on any atom is 0.300 e. The minimum atomic E-state index is -0.490. The molecular formula is C24H14N4O5. The normalized spacial score (nSPS) is 12.2. The Balaban J connectivity index is 1.57. The number of pyridine rings is 1. The first-order valence-electron chi connectivity index (χ1n) is 10.1. The zero-order chi connectivity index (χ0) is 22.9. The highest BCUT2D eigenvalue weighted by Gasteiger charge is 2.30. The molecule has 5 aromatic rings. The van der Waals surface area contributed by atoms with Gasteiger partial charge in [-0.25, -0.2) is 0 Å². The minimum absolute atomic E-state index is 0.0733. The summed E-state index contributed by atoms with van der Waals surface area (Å²) >= 11 is 0. The number of nitro groups is 1. The molecule has 2 aromatic heterocycles. The van der Waals surface area contributed by atoms with Crippen LogP contribution in [-0.2, 0) is 7.05 Å². The molecule has 0 saturated carbocycles. The molecule has 0 spiro atoms. The third-order valence-corrected chi connectivity index (χ3v) is 5.92. The number of carbonyl (C=O) groups excluding carboxylic acids is 1. The van der Waals surface area contributed by atoms with Crippen molar-refractivity contribution in [3.63, 3.8) is 0 Å². The van der Waals surface area contributed by atoms with Gasteiger partial charge >= 0.3 is 0 Å². The number of fused-ring (bicyclic) bond motifs is 3. The highest BCUT2D eigenvalue weighted by molar-refractivity contribution is 6.26. The van der Waals surface area contributed by atoms with E-state index in [1.54, 1.807) is 31.3 Å². The number of nitrogens with zero attached hydrogens (tertiary/aromatic N) is 3. The minimum Gasteiger partial charge on any atom is -0.425 e. The molecule has 9 heteroatoms. The predicted molar refractivity (Wildman–Crippen MR) is 121 cm³/mol. The molecule has 2 heterocycles. The van der Waals surface area contributed by atoms with Crippen LogP contribution in [0.2, 0.25) is 0 Å². The number of ketones is 1. The Morgan fingerprint density at radius 1 is 1.00 bits per heavy atom. The summed E-state index contributed by atoms with van der Waals surface area (Å²) in [4.78, 5) is 43.9. The number of hydrogen-bond donors (Lipinski definition) is 1. The molecule has 0 amide bonds. The number of imidazole rings is 1. The smallest absolute Gasteiger partial charge is 0.300 e. The Bertz CT molecular complexity index is 1730. The van der Waals surface area contributed by atoms with Gasteiger partial charge < -0.3 is 14.3 Å². The summed E-state index contributed by atoms with van der Waals surface area (Å²) in [5.41, 5.74) is 3.48. The second kappa shape index (κ2) is 6.60. The zero-order valence-electron chi connectivity index (χ0n) is 17.2. The van der Waals surface area contributed by atoms with Crippen molar-refractivity contribution in [3.05, 3.63) is 92.3 Å². The molecule has 6 rings (SSSR count). The molecule has 0 bridgehead atoms. The molecule has 0 atom stereocenters. The SMILES string of the molecule is Cn1c(=O)cc2c3c(c(Oc4nc5ccc([N+](=O)[O-])cc5[nH]4)ccc31)C(=O)c1ccccc1-2. The number of non-ortho nitro benzene ring substituents is 1. The average Bonchev–Trinajstić information content (AvgIpc) is 3.22. The van der Waals surface area contributed by atoms with Crippen molar-refractivity contribution < 1.29 is 14.5 Å². The first-order chi connectivity index (χ1) is 15.9. The number of aromatic nitrogens is 3. The lowest BCUT2D eigenvalue weighted by Crippen LogP contribution is -2.20. The molecule has 0 fully saturated rings. The number of carbonyl (C=O) groups is 1. The van der Waals surface area contributed by atoms with Crippen molar-refractivity contribution >= 4 is 33.4 Å². The molecular weight excluding hydrogens is 424 g/mol. The third-order valence-electron chi connectivity index (χ3n) is 5.92. The summed E-state index contributed by atoms with van der Waals surface area (Å²) in [5, 5.41) is 11.7. The van der Waals surface area contributed by atoms with Crippen molar-refractivity contribution in [3.8, 4) is 22.9 Å². The Hall–Kier alpha value is -4.79. The van der Waals surface area contributed by atoms with Gasteiger partial charge in [0.1, 0.15) is 5.75 Å². The number of ether oxygens (including phenoxy) is 1. The van der Waals surface area contributed by atoms with E-state index in [2.05, 4.69) is 9.97 Å².